The number of para-hydroxylation sites is 1. The van der Waals surface area contributed by atoms with Crippen LogP contribution >= 0.6 is 0 Å². The van der Waals surface area contributed by atoms with Crippen LogP contribution in [0.5, 0.6) is 0 Å². The molecule has 0 unspecified atom stereocenters. The van der Waals surface area contributed by atoms with Crippen molar-refractivity contribution in [3.05, 3.63) is 48.4 Å². The molecule has 3 rings (SSSR count). The highest BCUT2D eigenvalue weighted by molar-refractivity contribution is 5.51. The third kappa shape index (κ3) is 2.58. The summed E-state index contributed by atoms with van der Waals surface area (Å²) in [5, 5.41) is 0. The topological polar surface area (TPSA) is 58.3 Å². The number of piperazine rings is 1. The zero-order valence-corrected chi connectivity index (χ0v) is 11.4. The summed E-state index contributed by atoms with van der Waals surface area (Å²) in [6.07, 6.45) is 3.41. The van der Waals surface area contributed by atoms with E-state index in [0.29, 0.717) is 6.54 Å². The van der Waals surface area contributed by atoms with Crippen LogP contribution < -0.4 is 15.5 Å². The smallest absolute Gasteiger partial charge is 0.136 e. The molecule has 0 atom stereocenters. The fourth-order valence-corrected chi connectivity index (χ4v) is 2.60. The first-order chi connectivity index (χ1) is 9.88. The van der Waals surface area contributed by atoms with Gasteiger partial charge in [-0.1, -0.05) is 18.2 Å². The summed E-state index contributed by atoms with van der Waals surface area (Å²) in [6.45, 7) is 4.39. The lowest BCUT2D eigenvalue weighted by Crippen LogP contribution is -2.47. The molecular formula is C15H19N5. The van der Waals surface area contributed by atoms with Crippen LogP contribution in [0.2, 0.25) is 0 Å². The van der Waals surface area contributed by atoms with Gasteiger partial charge in [0.25, 0.3) is 0 Å². The Bertz CT molecular complexity index is 549. The summed E-state index contributed by atoms with van der Waals surface area (Å²) in [5.41, 5.74) is 8.06. The van der Waals surface area contributed by atoms with E-state index < -0.39 is 0 Å². The van der Waals surface area contributed by atoms with Crippen LogP contribution in [0, 0.1) is 0 Å². The molecule has 2 N–H and O–H groups in total. The molecule has 1 aromatic heterocycles. The Balaban J connectivity index is 1.70. The first kappa shape index (κ1) is 12.9. The maximum absolute atomic E-state index is 5.76. The van der Waals surface area contributed by atoms with Gasteiger partial charge in [-0.25, -0.2) is 9.97 Å². The molecule has 1 aromatic carbocycles. The summed E-state index contributed by atoms with van der Waals surface area (Å²) in [7, 11) is 0. The number of rotatable bonds is 3. The van der Waals surface area contributed by atoms with Gasteiger partial charge in [-0.2, -0.15) is 0 Å². The highest BCUT2D eigenvalue weighted by atomic mass is 15.3. The number of hydrogen-bond donors (Lipinski definition) is 1. The molecule has 0 saturated carbocycles. The van der Waals surface area contributed by atoms with Crippen molar-refractivity contribution < 1.29 is 0 Å². The average molecular weight is 269 g/mol. The average Bonchev–Trinajstić information content (AvgIpc) is 2.56. The molecule has 104 valence electrons. The molecule has 0 amide bonds. The van der Waals surface area contributed by atoms with Crippen molar-refractivity contribution in [2.45, 2.75) is 6.54 Å². The van der Waals surface area contributed by atoms with E-state index in [0.717, 1.165) is 37.6 Å². The molecule has 1 aliphatic heterocycles. The maximum Gasteiger partial charge on any atom is 0.136 e. The Morgan fingerprint density at radius 1 is 1.00 bits per heavy atom. The number of nitrogens with zero attached hydrogens (tertiary/aromatic N) is 4. The summed E-state index contributed by atoms with van der Waals surface area (Å²) in [4.78, 5) is 13.1. The van der Waals surface area contributed by atoms with Crippen LogP contribution in [0.1, 0.15) is 5.56 Å². The molecule has 1 fully saturated rings. The lowest BCUT2D eigenvalue weighted by atomic mass is 10.2. The molecule has 5 heteroatoms. The monoisotopic (exact) mass is 269 g/mol. The Hall–Kier alpha value is -2.14. The van der Waals surface area contributed by atoms with Crippen molar-refractivity contribution in [3.8, 4) is 0 Å². The first-order valence-corrected chi connectivity index (χ1v) is 6.92. The first-order valence-electron chi connectivity index (χ1n) is 6.92. The van der Waals surface area contributed by atoms with Crippen molar-refractivity contribution in [2.75, 3.05) is 36.0 Å². The van der Waals surface area contributed by atoms with E-state index in [1.165, 1.54) is 5.69 Å². The lowest BCUT2D eigenvalue weighted by molar-refractivity contribution is 0.643. The minimum Gasteiger partial charge on any atom is -0.368 e. The van der Waals surface area contributed by atoms with E-state index in [2.05, 4.69) is 44.0 Å². The van der Waals surface area contributed by atoms with Crippen molar-refractivity contribution in [1.82, 2.24) is 9.97 Å². The quantitative estimate of drug-likeness (QED) is 0.909. The SMILES string of the molecule is NCc1cncnc1N1CCN(c2ccccc2)CC1. The van der Waals surface area contributed by atoms with Crippen molar-refractivity contribution in [3.63, 3.8) is 0 Å². The van der Waals surface area contributed by atoms with Gasteiger partial charge in [0.05, 0.1) is 0 Å². The van der Waals surface area contributed by atoms with Crippen LogP contribution in [-0.2, 0) is 6.54 Å². The predicted octanol–water partition coefficient (Wildman–Crippen LogP) is 1.26. The number of hydrogen-bond acceptors (Lipinski definition) is 5. The van der Waals surface area contributed by atoms with Crippen LogP contribution in [-0.4, -0.2) is 36.1 Å². The molecule has 5 nitrogen and oxygen atoms in total. The second kappa shape index (κ2) is 5.88. The summed E-state index contributed by atoms with van der Waals surface area (Å²) in [5.74, 6) is 0.982. The van der Waals surface area contributed by atoms with E-state index in [4.69, 9.17) is 5.73 Å². The van der Waals surface area contributed by atoms with Gasteiger partial charge in [-0.15, -0.1) is 0 Å². The van der Waals surface area contributed by atoms with Gasteiger partial charge in [0.2, 0.25) is 0 Å². The van der Waals surface area contributed by atoms with Gasteiger partial charge in [0, 0.05) is 50.2 Å². The molecular weight excluding hydrogens is 250 g/mol. The van der Waals surface area contributed by atoms with Gasteiger partial charge in [-0.05, 0) is 12.1 Å². The van der Waals surface area contributed by atoms with Crippen LogP contribution in [0.15, 0.2) is 42.9 Å². The fraction of sp³-hybridized carbons (Fsp3) is 0.333. The predicted molar refractivity (Wildman–Crippen MR) is 80.8 cm³/mol. The van der Waals surface area contributed by atoms with Gasteiger partial charge < -0.3 is 15.5 Å². The van der Waals surface area contributed by atoms with E-state index in [-0.39, 0.29) is 0 Å². The molecule has 1 saturated heterocycles. The molecule has 2 aromatic rings. The van der Waals surface area contributed by atoms with E-state index in [1.807, 2.05) is 12.3 Å². The summed E-state index contributed by atoms with van der Waals surface area (Å²) >= 11 is 0. The molecule has 20 heavy (non-hydrogen) atoms. The Morgan fingerprint density at radius 2 is 1.70 bits per heavy atom. The highest BCUT2D eigenvalue weighted by Gasteiger charge is 2.19. The van der Waals surface area contributed by atoms with Crippen molar-refractivity contribution in [2.24, 2.45) is 5.73 Å². The lowest BCUT2D eigenvalue weighted by Gasteiger charge is -2.37. The Morgan fingerprint density at radius 3 is 2.40 bits per heavy atom. The highest BCUT2D eigenvalue weighted by Crippen LogP contribution is 2.20. The van der Waals surface area contributed by atoms with Crippen LogP contribution in [0.4, 0.5) is 11.5 Å². The molecule has 0 aliphatic carbocycles. The number of nitrogens with two attached hydrogens (primary N) is 1. The molecule has 1 aliphatic rings. The normalized spacial score (nSPS) is 15.4. The minimum atomic E-state index is 0.481. The van der Waals surface area contributed by atoms with Crippen LogP contribution in [0.25, 0.3) is 0 Å². The molecule has 0 radical (unpaired) electrons. The van der Waals surface area contributed by atoms with E-state index >= 15 is 0 Å². The zero-order valence-electron chi connectivity index (χ0n) is 11.4. The largest absolute Gasteiger partial charge is 0.368 e. The van der Waals surface area contributed by atoms with Gasteiger partial charge in [0.1, 0.15) is 12.1 Å². The number of anilines is 2. The van der Waals surface area contributed by atoms with Gasteiger partial charge in [-0.3, -0.25) is 0 Å². The van der Waals surface area contributed by atoms with Gasteiger partial charge >= 0.3 is 0 Å². The summed E-state index contributed by atoms with van der Waals surface area (Å²) in [6, 6.07) is 10.5. The van der Waals surface area contributed by atoms with Crippen LogP contribution in [0.3, 0.4) is 0 Å². The third-order valence-electron chi connectivity index (χ3n) is 3.68. The van der Waals surface area contributed by atoms with E-state index in [1.54, 1.807) is 6.33 Å². The molecule has 0 spiro atoms. The standard InChI is InChI=1S/C15H19N5/c16-10-13-11-17-12-18-15(13)20-8-6-19(7-9-20)14-4-2-1-3-5-14/h1-5,11-12H,6-10,16H2. The second-order valence-electron chi connectivity index (χ2n) is 4.89. The molecule has 2 heterocycles. The van der Waals surface area contributed by atoms with Crippen molar-refractivity contribution >= 4 is 11.5 Å². The minimum absolute atomic E-state index is 0.481. The number of aromatic nitrogens is 2. The maximum atomic E-state index is 5.76. The Labute approximate surface area is 119 Å². The third-order valence-corrected chi connectivity index (χ3v) is 3.68. The zero-order chi connectivity index (χ0) is 13.8. The number of benzene rings is 1. The molecule has 0 bridgehead atoms. The fourth-order valence-electron chi connectivity index (χ4n) is 2.60. The van der Waals surface area contributed by atoms with Crippen molar-refractivity contribution in [1.29, 1.82) is 0 Å². The second-order valence-corrected chi connectivity index (χ2v) is 4.89. The van der Waals surface area contributed by atoms with Gasteiger partial charge in [0.15, 0.2) is 0 Å². The van der Waals surface area contributed by atoms with E-state index in [9.17, 15) is 0 Å². The summed E-state index contributed by atoms with van der Waals surface area (Å²) < 4.78 is 0. The Kier molecular flexibility index (Phi) is 3.78.